The molecule has 0 fully saturated rings. The summed E-state index contributed by atoms with van der Waals surface area (Å²) in [5, 5.41) is 8.61. The van der Waals surface area contributed by atoms with Crippen molar-refractivity contribution in [2.45, 2.75) is 12.8 Å². The maximum atomic E-state index is 6.51. The summed E-state index contributed by atoms with van der Waals surface area (Å²) in [6, 6.07) is 55.4. The van der Waals surface area contributed by atoms with Gasteiger partial charge in [0.1, 0.15) is 11.3 Å². The van der Waals surface area contributed by atoms with E-state index in [-0.39, 0.29) is 0 Å². The molecule has 1 aliphatic carbocycles. The quantitative estimate of drug-likeness (QED) is 0.185. The van der Waals surface area contributed by atoms with Gasteiger partial charge in [0, 0.05) is 60.7 Å². The number of fused-ring (bicyclic) bond motifs is 14. The van der Waals surface area contributed by atoms with Crippen LogP contribution in [0.5, 0.6) is 0 Å². The van der Waals surface area contributed by atoms with Crippen molar-refractivity contribution in [1.82, 2.24) is 13.7 Å². The maximum Gasteiger partial charge on any atom is 0.137 e. The third kappa shape index (κ3) is 3.65. The molecule has 52 heavy (non-hydrogen) atoms. The number of benzene rings is 7. The zero-order valence-electron chi connectivity index (χ0n) is 28.3. The lowest BCUT2D eigenvalue weighted by molar-refractivity contribution is 0.595. The van der Waals surface area contributed by atoms with E-state index in [9.17, 15) is 0 Å². The molecule has 0 atom stereocenters. The molecule has 0 saturated carbocycles. The normalized spacial score (nSPS) is 13.2. The lowest BCUT2D eigenvalue weighted by atomic mass is 10.0. The van der Waals surface area contributed by atoms with Gasteiger partial charge in [0.2, 0.25) is 0 Å². The van der Waals surface area contributed by atoms with Crippen LogP contribution in [0.2, 0.25) is 0 Å². The lowest BCUT2D eigenvalue weighted by Crippen LogP contribution is -2.00. The van der Waals surface area contributed by atoms with Crippen LogP contribution in [-0.4, -0.2) is 13.7 Å². The second-order valence-corrected chi connectivity index (χ2v) is 14.0. The summed E-state index contributed by atoms with van der Waals surface area (Å²) in [6.07, 6.45) is 6.41. The van der Waals surface area contributed by atoms with E-state index in [1.807, 2.05) is 0 Å². The third-order valence-corrected chi connectivity index (χ3v) is 11.3. The molecule has 244 valence electrons. The molecule has 4 aromatic heterocycles. The molecule has 0 radical (unpaired) electrons. The highest BCUT2D eigenvalue weighted by Crippen LogP contribution is 2.46. The first kappa shape index (κ1) is 28.0. The van der Waals surface area contributed by atoms with Crippen LogP contribution in [0.4, 0.5) is 0 Å². The summed E-state index contributed by atoms with van der Waals surface area (Å²) in [6.45, 7) is 0. The standard InChI is InChI=1S/C48H31N3O/c1-3-13-30(14-4-1)49-41-20-10-7-17-33(41)37-25-27-39-40-28-26-38-34-18-8-11-21-42(34)50(32-23-24-36-35-19-9-12-22-43(35)52-44(36)29-32)46(38)48(40)51(47(39)45(37)49)31-15-5-2-6-16-31/h1-8,10-18,20-29H,9,19H2. The average molecular weight is 666 g/mol. The van der Waals surface area contributed by atoms with Gasteiger partial charge in [-0.3, -0.25) is 0 Å². The van der Waals surface area contributed by atoms with Gasteiger partial charge in [-0.2, -0.15) is 0 Å². The summed E-state index contributed by atoms with van der Waals surface area (Å²) in [4.78, 5) is 0. The fraction of sp³-hybridized carbons (Fsp3) is 0.0417. The van der Waals surface area contributed by atoms with Gasteiger partial charge >= 0.3 is 0 Å². The number of rotatable bonds is 3. The number of aromatic nitrogens is 3. The maximum absolute atomic E-state index is 6.51. The molecule has 4 nitrogen and oxygen atoms in total. The van der Waals surface area contributed by atoms with Crippen molar-refractivity contribution < 1.29 is 4.42 Å². The van der Waals surface area contributed by atoms with Gasteiger partial charge in [0.15, 0.2) is 0 Å². The Hall–Kier alpha value is -6.78. The Bertz CT molecular complexity index is 3280. The topological polar surface area (TPSA) is 27.9 Å². The Morgan fingerprint density at radius 1 is 0.404 bits per heavy atom. The van der Waals surface area contributed by atoms with E-state index >= 15 is 0 Å². The third-order valence-electron chi connectivity index (χ3n) is 11.3. The number of allylic oxidation sites excluding steroid dienone is 1. The predicted octanol–water partition coefficient (Wildman–Crippen LogP) is 12.7. The van der Waals surface area contributed by atoms with Crippen LogP contribution >= 0.6 is 0 Å². The van der Waals surface area contributed by atoms with Crippen molar-refractivity contribution in [2.24, 2.45) is 0 Å². The summed E-state index contributed by atoms with van der Waals surface area (Å²) in [5.74, 6) is 0.991. The number of hydrogen-bond donors (Lipinski definition) is 0. The minimum Gasteiger partial charge on any atom is -0.456 e. The van der Waals surface area contributed by atoms with E-state index in [2.05, 4.69) is 178 Å². The lowest BCUT2D eigenvalue weighted by Gasteiger charge is -2.14. The Morgan fingerprint density at radius 2 is 0.885 bits per heavy atom. The first-order valence-electron chi connectivity index (χ1n) is 18.1. The Kier molecular flexibility index (Phi) is 5.58. The van der Waals surface area contributed by atoms with Crippen molar-refractivity contribution >= 4 is 82.5 Å². The van der Waals surface area contributed by atoms with Gasteiger partial charge in [-0.05, 0) is 67.4 Å². The fourth-order valence-electron chi connectivity index (χ4n) is 9.14. The molecule has 0 spiro atoms. The molecule has 12 rings (SSSR count). The average Bonchev–Trinajstić information content (AvgIpc) is 3.94. The van der Waals surface area contributed by atoms with E-state index in [1.54, 1.807) is 0 Å². The van der Waals surface area contributed by atoms with Crippen LogP contribution in [0.25, 0.3) is 99.5 Å². The molecule has 11 aromatic rings. The van der Waals surface area contributed by atoms with Crippen LogP contribution in [0, 0.1) is 0 Å². The molecule has 0 N–H and O–H groups in total. The number of para-hydroxylation sites is 4. The number of furan rings is 1. The monoisotopic (exact) mass is 665 g/mol. The Labute approximate surface area is 298 Å². The molecule has 4 heteroatoms. The van der Waals surface area contributed by atoms with Crippen LogP contribution < -0.4 is 0 Å². The molecule has 0 amide bonds. The molecule has 0 unspecified atom stereocenters. The highest BCUT2D eigenvalue weighted by Gasteiger charge is 2.25. The highest BCUT2D eigenvalue weighted by atomic mass is 16.3. The smallest absolute Gasteiger partial charge is 0.137 e. The number of aryl methyl sites for hydroxylation is 1. The van der Waals surface area contributed by atoms with Crippen LogP contribution in [0.3, 0.4) is 0 Å². The van der Waals surface area contributed by atoms with Crippen molar-refractivity contribution in [3.63, 3.8) is 0 Å². The van der Waals surface area contributed by atoms with Crippen LogP contribution in [0.1, 0.15) is 17.7 Å². The van der Waals surface area contributed by atoms with Gasteiger partial charge in [-0.15, -0.1) is 0 Å². The first-order chi connectivity index (χ1) is 25.8. The zero-order valence-corrected chi connectivity index (χ0v) is 28.3. The summed E-state index contributed by atoms with van der Waals surface area (Å²) >= 11 is 0. The molecular weight excluding hydrogens is 635 g/mol. The molecule has 0 saturated heterocycles. The molecule has 0 bridgehead atoms. The summed E-state index contributed by atoms with van der Waals surface area (Å²) in [7, 11) is 0. The van der Waals surface area contributed by atoms with Crippen molar-refractivity contribution in [3.8, 4) is 17.1 Å². The van der Waals surface area contributed by atoms with E-state index < -0.39 is 0 Å². The van der Waals surface area contributed by atoms with E-state index in [1.165, 1.54) is 76.4 Å². The summed E-state index contributed by atoms with van der Waals surface area (Å²) in [5.41, 5.74) is 12.8. The fourth-order valence-corrected chi connectivity index (χ4v) is 9.14. The minimum absolute atomic E-state index is 0.935. The van der Waals surface area contributed by atoms with E-state index in [0.29, 0.717) is 0 Å². The minimum atomic E-state index is 0.935. The van der Waals surface area contributed by atoms with E-state index in [0.717, 1.165) is 41.2 Å². The van der Waals surface area contributed by atoms with Crippen molar-refractivity contribution in [3.05, 3.63) is 169 Å². The molecule has 1 aliphatic rings. The second kappa shape index (κ2) is 10.4. The highest BCUT2D eigenvalue weighted by molar-refractivity contribution is 6.29. The zero-order chi connectivity index (χ0) is 33.9. The second-order valence-electron chi connectivity index (χ2n) is 14.0. The number of hydrogen-bond acceptors (Lipinski definition) is 1. The number of nitrogens with zero attached hydrogens (tertiary/aromatic N) is 3. The van der Waals surface area contributed by atoms with Gasteiger partial charge in [0.05, 0.1) is 38.8 Å². The van der Waals surface area contributed by atoms with Gasteiger partial charge in [-0.1, -0.05) is 103 Å². The molecule has 0 aliphatic heterocycles. The van der Waals surface area contributed by atoms with Gasteiger partial charge in [0.25, 0.3) is 0 Å². The van der Waals surface area contributed by atoms with Crippen molar-refractivity contribution in [1.29, 1.82) is 0 Å². The molecular formula is C48H31N3O. The van der Waals surface area contributed by atoms with Crippen LogP contribution in [0.15, 0.2) is 162 Å². The predicted molar refractivity (Wildman–Crippen MR) is 217 cm³/mol. The molecule has 7 aromatic carbocycles. The van der Waals surface area contributed by atoms with Gasteiger partial charge < -0.3 is 18.1 Å². The van der Waals surface area contributed by atoms with E-state index in [4.69, 9.17) is 4.42 Å². The van der Waals surface area contributed by atoms with Gasteiger partial charge in [-0.25, -0.2) is 0 Å². The Morgan fingerprint density at radius 3 is 1.50 bits per heavy atom. The Balaban J connectivity index is 1.31. The SMILES string of the molecule is C1=Cc2oc3cc(-n4c5ccccc5c5ccc6c7ccc8c9ccccc9n(-c9ccccc9)c8c7n(-c7ccccc7)c6c54)ccc3c2CC1. The largest absolute Gasteiger partial charge is 0.456 e. The van der Waals surface area contributed by atoms with Crippen LogP contribution in [-0.2, 0) is 6.42 Å². The molecule has 4 heterocycles. The summed E-state index contributed by atoms with van der Waals surface area (Å²) < 4.78 is 14.0. The first-order valence-corrected chi connectivity index (χ1v) is 18.1. The van der Waals surface area contributed by atoms with Crippen molar-refractivity contribution in [2.75, 3.05) is 0 Å².